The number of carbonyl (C=O) groups is 1. The summed E-state index contributed by atoms with van der Waals surface area (Å²) in [6.07, 6.45) is 3.04. The number of anilines is 3. The van der Waals surface area contributed by atoms with Gasteiger partial charge in [-0.2, -0.15) is 5.10 Å². The number of carbonyl (C=O) groups excluding carboxylic acids is 1. The monoisotopic (exact) mass is 491 g/mol. The molecule has 6 rings (SSSR count). The first-order valence-corrected chi connectivity index (χ1v) is 12.5. The molecule has 11 nitrogen and oxygen atoms in total. The summed E-state index contributed by atoms with van der Waals surface area (Å²) >= 11 is 0. The number of fused-ring (bicyclic) bond motifs is 2. The normalized spacial score (nSPS) is 16.8. The van der Waals surface area contributed by atoms with Crippen LogP contribution in [0, 0.1) is 0 Å². The summed E-state index contributed by atoms with van der Waals surface area (Å²) in [5.41, 5.74) is 3.81. The fourth-order valence-electron chi connectivity index (χ4n) is 4.39. The molecule has 0 saturated carbocycles. The zero-order valence-corrected chi connectivity index (χ0v) is 19.6. The lowest BCUT2D eigenvalue weighted by atomic mass is 10.1. The summed E-state index contributed by atoms with van der Waals surface area (Å²) in [7, 11) is -1.98. The molecule has 0 radical (unpaired) electrons. The molecule has 178 valence electrons. The molecule has 12 heteroatoms. The van der Waals surface area contributed by atoms with Gasteiger partial charge >= 0.3 is 0 Å². The van der Waals surface area contributed by atoms with E-state index in [0.717, 1.165) is 37.7 Å². The predicted molar refractivity (Wildman–Crippen MR) is 128 cm³/mol. The Morgan fingerprint density at radius 1 is 1.06 bits per heavy atom. The van der Waals surface area contributed by atoms with Crippen LogP contribution in [0.1, 0.15) is 10.4 Å². The average molecular weight is 492 g/mol. The van der Waals surface area contributed by atoms with Crippen molar-refractivity contribution in [3.63, 3.8) is 0 Å². The number of nitrogens with zero attached hydrogens (tertiary/aromatic N) is 6. The van der Waals surface area contributed by atoms with Crippen LogP contribution in [0.5, 0.6) is 0 Å². The second-order valence-electron chi connectivity index (χ2n) is 8.28. The highest BCUT2D eigenvalue weighted by atomic mass is 32.2. The summed E-state index contributed by atoms with van der Waals surface area (Å²) in [6, 6.07) is 12.8. The Bertz CT molecular complexity index is 1560. The van der Waals surface area contributed by atoms with Gasteiger partial charge in [0.2, 0.25) is 0 Å². The maximum absolute atomic E-state index is 12.3. The van der Waals surface area contributed by atoms with Crippen molar-refractivity contribution in [3.05, 3.63) is 60.6 Å². The minimum atomic E-state index is -3.88. The molecule has 0 bridgehead atoms. The van der Waals surface area contributed by atoms with Crippen LogP contribution in [0.25, 0.3) is 16.9 Å². The fourth-order valence-corrected chi connectivity index (χ4v) is 5.59. The number of sulfonamides is 1. The molecule has 2 aliphatic heterocycles. The first kappa shape index (κ1) is 21.5. The first-order valence-electron chi connectivity index (χ1n) is 11.0. The number of morpholine rings is 1. The van der Waals surface area contributed by atoms with Gasteiger partial charge in [-0.3, -0.25) is 4.79 Å². The van der Waals surface area contributed by atoms with E-state index in [0.29, 0.717) is 22.7 Å². The van der Waals surface area contributed by atoms with Crippen molar-refractivity contribution >= 4 is 38.8 Å². The molecule has 2 aliphatic rings. The Hall–Kier alpha value is -4.03. The second kappa shape index (κ2) is 8.03. The van der Waals surface area contributed by atoms with Crippen LogP contribution in [0.2, 0.25) is 0 Å². The van der Waals surface area contributed by atoms with Crippen molar-refractivity contribution < 1.29 is 17.9 Å². The van der Waals surface area contributed by atoms with Gasteiger partial charge < -0.3 is 14.5 Å². The maximum Gasteiger partial charge on any atom is 0.266 e. The number of amides is 1. The van der Waals surface area contributed by atoms with Gasteiger partial charge in [-0.25, -0.2) is 27.6 Å². The van der Waals surface area contributed by atoms with E-state index in [9.17, 15) is 13.2 Å². The SMILES string of the molecule is CN(c1ccc(N2CCOCC2)cc1)c1ncc(-c2ccc3c(c2)S(=O)(=O)NC3=O)n2ncnc12. The third-order valence-corrected chi connectivity index (χ3v) is 7.63. The van der Waals surface area contributed by atoms with E-state index in [4.69, 9.17) is 4.74 Å². The molecule has 0 unspecified atom stereocenters. The molecule has 1 N–H and O–H groups in total. The molecule has 1 amide bonds. The van der Waals surface area contributed by atoms with Gasteiger partial charge in [0.15, 0.2) is 11.5 Å². The zero-order chi connectivity index (χ0) is 24.2. The van der Waals surface area contributed by atoms with Gasteiger partial charge in [-0.1, -0.05) is 6.07 Å². The van der Waals surface area contributed by atoms with Crippen LogP contribution in [0.4, 0.5) is 17.2 Å². The zero-order valence-electron chi connectivity index (χ0n) is 18.7. The minimum Gasteiger partial charge on any atom is -0.378 e. The van der Waals surface area contributed by atoms with Crippen molar-refractivity contribution in [1.29, 1.82) is 0 Å². The number of nitrogens with one attached hydrogen (secondary N) is 1. The lowest BCUT2D eigenvalue weighted by Crippen LogP contribution is -2.36. The molecular formula is C23H21N7O4S. The molecule has 1 fully saturated rings. The summed E-state index contributed by atoms with van der Waals surface area (Å²) in [6.45, 7) is 3.19. The predicted octanol–water partition coefficient (Wildman–Crippen LogP) is 1.83. The Morgan fingerprint density at radius 3 is 2.60 bits per heavy atom. The Labute approximate surface area is 201 Å². The number of hydrogen-bond donors (Lipinski definition) is 1. The van der Waals surface area contributed by atoms with Gasteiger partial charge in [0.25, 0.3) is 15.9 Å². The molecule has 0 aliphatic carbocycles. The van der Waals surface area contributed by atoms with Crippen LogP contribution in [0.3, 0.4) is 0 Å². The number of hydrogen-bond acceptors (Lipinski definition) is 9. The Balaban J connectivity index is 1.35. The Morgan fingerprint density at radius 2 is 1.83 bits per heavy atom. The molecule has 0 atom stereocenters. The smallest absolute Gasteiger partial charge is 0.266 e. The van der Waals surface area contributed by atoms with Gasteiger partial charge in [0, 0.05) is 37.1 Å². The van der Waals surface area contributed by atoms with E-state index < -0.39 is 15.9 Å². The van der Waals surface area contributed by atoms with E-state index in [-0.39, 0.29) is 10.5 Å². The molecule has 35 heavy (non-hydrogen) atoms. The van der Waals surface area contributed by atoms with Crippen LogP contribution in [0.15, 0.2) is 59.9 Å². The van der Waals surface area contributed by atoms with E-state index >= 15 is 0 Å². The molecule has 1 saturated heterocycles. The molecule has 4 heterocycles. The summed E-state index contributed by atoms with van der Waals surface area (Å²) in [5, 5.41) is 4.34. The number of rotatable bonds is 4. The summed E-state index contributed by atoms with van der Waals surface area (Å²) in [5.74, 6) is -0.0387. The van der Waals surface area contributed by atoms with Gasteiger partial charge in [-0.05, 0) is 36.4 Å². The standard InChI is InChI=1S/C23H21N7O4S/c1-28(16-3-5-17(6-4-16)29-8-10-34-11-9-29)21-22-25-14-26-30(22)19(13-24-21)15-2-7-18-20(12-15)35(32,33)27-23(18)31/h2-7,12-14H,8-11H2,1H3,(H,27,31). The van der Waals surface area contributed by atoms with Crippen molar-refractivity contribution in [1.82, 2.24) is 24.3 Å². The molecule has 2 aromatic heterocycles. The number of benzene rings is 2. The lowest BCUT2D eigenvalue weighted by molar-refractivity contribution is 0.0985. The highest BCUT2D eigenvalue weighted by Gasteiger charge is 2.33. The molecule has 2 aromatic carbocycles. The highest BCUT2D eigenvalue weighted by molar-refractivity contribution is 7.90. The topological polar surface area (TPSA) is 122 Å². The van der Waals surface area contributed by atoms with E-state index in [1.165, 1.54) is 18.5 Å². The van der Waals surface area contributed by atoms with E-state index in [1.807, 2.05) is 28.8 Å². The molecule has 0 spiro atoms. The van der Waals surface area contributed by atoms with Crippen LogP contribution in [-0.2, 0) is 14.8 Å². The molecular weight excluding hydrogens is 470 g/mol. The number of ether oxygens (including phenoxy) is 1. The third-order valence-electron chi connectivity index (χ3n) is 6.25. The highest BCUT2D eigenvalue weighted by Crippen LogP contribution is 2.32. The average Bonchev–Trinajstić information content (AvgIpc) is 3.46. The molecule has 4 aromatic rings. The summed E-state index contributed by atoms with van der Waals surface area (Å²) < 4.78 is 33.6. The minimum absolute atomic E-state index is 0.0604. The van der Waals surface area contributed by atoms with Gasteiger partial charge in [-0.15, -0.1) is 0 Å². The Kier molecular flexibility index (Phi) is 4.93. The maximum atomic E-state index is 12.3. The van der Waals surface area contributed by atoms with Crippen molar-refractivity contribution in [2.24, 2.45) is 0 Å². The largest absolute Gasteiger partial charge is 0.378 e. The summed E-state index contributed by atoms with van der Waals surface area (Å²) in [4.78, 5) is 25.1. The van der Waals surface area contributed by atoms with E-state index in [1.54, 1.807) is 16.8 Å². The van der Waals surface area contributed by atoms with Gasteiger partial charge in [0.05, 0.1) is 30.7 Å². The van der Waals surface area contributed by atoms with Gasteiger partial charge in [0.1, 0.15) is 11.2 Å². The van der Waals surface area contributed by atoms with Crippen molar-refractivity contribution in [3.8, 4) is 11.3 Å². The quantitative estimate of drug-likeness (QED) is 0.455. The number of aromatic nitrogens is 4. The third kappa shape index (κ3) is 3.58. The van der Waals surface area contributed by atoms with E-state index in [2.05, 4.69) is 32.1 Å². The lowest BCUT2D eigenvalue weighted by Gasteiger charge is -2.29. The first-order chi connectivity index (χ1) is 16.9. The van der Waals surface area contributed by atoms with Crippen LogP contribution < -0.4 is 14.5 Å². The van der Waals surface area contributed by atoms with Crippen molar-refractivity contribution in [2.45, 2.75) is 4.90 Å². The van der Waals surface area contributed by atoms with Crippen LogP contribution in [-0.4, -0.2) is 67.3 Å². The fraction of sp³-hybridized carbons (Fsp3) is 0.217. The van der Waals surface area contributed by atoms with Crippen LogP contribution >= 0.6 is 0 Å². The second-order valence-corrected chi connectivity index (χ2v) is 9.93. The van der Waals surface area contributed by atoms with Crippen molar-refractivity contribution in [2.75, 3.05) is 43.2 Å².